The molecule has 1 heterocycles. The molecule has 1 N–H and O–H groups in total. The normalized spacial score (nSPS) is 10.4. The summed E-state index contributed by atoms with van der Waals surface area (Å²) in [7, 11) is 3.57. The highest BCUT2D eigenvalue weighted by atomic mass is 16.5. The molecule has 0 spiro atoms. The molecule has 0 bridgehead atoms. The Morgan fingerprint density at radius 3 is 2.56 bits per heavy atom. The fraction of sp³-hybridized carbons (Fsp3) is 0.190. The van der Waals surface area contributed by atoms with Crippen LogP contribution in [0.3, 0.4) is 0 Å². The number of anilines is 1. The third-order valence-corrected chi connectivity index (χ3v) is 4.16. The van der Waals surface area contributed by atoms with Gasteiger partial charge in [-0.05, 0) is 48.4 Å². The lowest BCUT2D eigenvalue weighted by Crippen LogP contribution is -2.04. The molecule has 2 aromatic carbocycles. The molecule has 0 radical (unpaired) electrons. The Balaban J connectivity index is 1.81. The minimum atomic E-state index is 0.438. The van der Waals surface area contributed by atoms with Gasteiger partial charge in [0.1, 0.15) is 18.1 Å². The first-order valence-electron chi connectivity index (χ1n) is 8.20. The van der Waals surface area contributed by atoms with Gasteiger partial charge in [0.05, 0.1) is 12.7 Å². The number of pyridine rings is 1. The van der Waals surface area contributed by atoms with Crippen LogP contribution in [0.15, 0.2) is 60.9 Å². The molecule has 1 aromatic heterocycles. The maximum atomic E-state index is 6.06. The third-order valence-electron chi connectivity index (χ3n) is 4.16. The minimum Gasteiger partial charge on any atom is -0.496 e. The maximum absolute atomic E-state index is 6.06. The van der Waals surface area contributed by atoms with Crippen LogP contribution in [0.1, 0.15) is 11.1 Å². The number of aromatic nitrogens is 1. The van der Waals surface area contributed by atoms with Gasteiger partial charge in [-0.15, -0.1) is 0 Å². The molecule has 4 nitrogen and oxygen atoms in total. The van der Waals surface area contributed by atoms with Crippen LogP contribution in [0, 0.1) is 6.92 Å². The van der Waals surface area contributed by atoms with Crippen molar-refractivity contribution < 1.29 is 9.47 Å². The van der Waals surface area contributed by atoms with E-state index < -0.39 is 0 Å². The van der Waals surface area contributed by atoms with Crippen LogP contribution in [0.2, 0.25) is 0 Å². The van der Waals surface area contributed by atoms with Gasteiger partial charge in [0, 0.05) is 30.7 Å². The summed E-state index contributed by atoms with van der Waals surface area (Å²) >= 11 is 0. The molecule has 3 aromatic rings. The molecule has 0 atom stereocenters. The number of nitrogens with one attached hydrogen (secondary N) is 1. The topological polar surface area (TPSA) is 43.4 Å². The highest BCUT2D eigenvalue weighted by Crippen LogP contribution is 2.30. The van der Waals surface area contributed by atoms with Crippen LogP contribution in [0.25, 0.3) is 11.1 Å². The first kappa shape index (κ1) is 16.8. The number of methoxy groups -OCH3 is 1. The number of ether oxygens (including phenoxy) is 2. The summed E-state index contributed by atoms with van der Waals surface area (Å²) in [5, 5.41) is 3.18. The minimum absolute atomic E-state index is 0.438. The summed E-state index contributed by atoms with van der Waals surface area (Å²) < 4.78 is 11.5. The second kappa shape index (κ2) is 7.71. The van der Waals surface area contributed by atoms with Crippen molar-refractivity contribution in [1.82, 2.24) is 4.98 Å². The number of hydrogen-bond acceptors (Lipinski definition) is 4. The van der Waals surface area contributed by atoms with Gasteiger partial charge >= 0.3 is 0 Å². The van der Waals surface area contributed by atoms with E-state index >= 15 is 0 Å². The van der Waals surface area contributed by atoms with Crippen molar-refractivity contribution >= 4 is 5.69 Å². The Bertz CT molecular complexity index is 826. The molecule has 0 aliphatic carbocycles. The van der Waals surface area contributed by atoms with Crippen molar-refractivity contribution in [3.05, 3.63) is 72.1 Å². The lowest BCUT2D eigenvalue weighted by Gasteiger charge is -2.16. The molecule has 0 fully saturated rings. The van der Waals surface area contributed by atoms with Crippen LogP contribution >= 0.6 is 0 Å². The zero-order valence-electron chi connectivity index (χ0n) is 14.7. The molecular weight excluding hydrogens is 312 g/mol. The van der Waals surface area contributed by atoms with E-state index in [-0.39, 0.29) is 0 Å². The summed E-state index contributed by atoms with van der Waals surface area (Å²) in [6.45, 7) is 2.49. The van der Waals surface area contributed by atoms with Gasteiger partial charge in [-0.3, -0.25) is 4.98 Å². The second-order valence-corrected chi connectivity index (χ2v) is 5.75. The van der Waals surface area contributed by atoms with Crippen molar-refractivity contribution in [2.24, 2.45) is 0 Å². The van der Waals surface area contributed by atoms with Gasteiger partial charge in [-0.2, -0.15) is 0 Å². The lowest BCUT2D eigenvalue weighted by atomic mass is 10.0. The summed E-state index contributed by atoms with van der Waals surface area (Å²) in [4.78, 5) is 4.18. The Morgan fingerprint density at radius 2 is 1.88 bits per heavy atom. The van der Waals surface area contributed by atoms with E-state index in [1.54, 1.807) is 13.3 Å². The SMILES string of the molecule is CNc1cccc(OC)c1COc1ccc(-c2cccnc2)cc1C. The fourth-order valence-electron chi connectivity index (χ4n) is 2.81. The largest absolute Gasteiger partial charge is 0.496 e. The van der Waals surface area contributed by atoms with E-state index in [1.807, 2.05) is 43.6 Å². The predicted molar refractivity (Wildman–Crippen MR) is 101 cm³/mol. The Hall–Kier alpha value is -3.01. The second-order valence-electron chi connectivity index (χ2n) is 5.75. The van der Waals surface area contributed by atoms with Crippen LogP contribution in [-0.4, -0.2) is 19.1 Å². The Morgan fingerprint density at radius 1 is 1.00 bits per heavy atom. The van der Waals surface area contributed by atoms with Crippen molar-refractivity contribution in [1.29, 1.82) is 0 Å². The molecular formula is C21H22N2O2. The van der Waals surface area contributed by atoms with Crippen LogP contribution in [0.5, 0.6) is 11.5 Å². The molecule has 0 saturated heterocycles. The van der Waals surface area contributed by atoms with E-state index in [2.05, 4.69) is 35.4 Å². The van der Waals surface area contributed by atoms with Gasteiger partial charge < -0.3 is 14.8 Å². The Labute approximate surface area is 148 Å². The predicted octanol–water partition coefficient (Wildman–Crippen LogP) is 4.69. The van der Waals surface area contributed by atoms with E-state index in [9.17, 15) is 0 Å². The standard InChI is InChI=1S/C21H22N2O2/c1-15-12-16(17-6-5-11-23-13-17)9-10-20(15)25-14-18-19(22-2)7-4-8-21(18)24-3/h4-13,22H,14H2,1-3H3. The van der Waals surface area contributed by atoms with Crippen molar-refractivity contribution in [3.8, 4) is 22.6 Å². The molecule has 0 saturated carbocycles. The van der Waals surface area contributed by atoms with E-state index in [0.717, 1.165) is 39.4 Å². The van der Waals surface area contributed by atoms with Gasteiger partial charge in [0.15, 0.2) is 0 Å². The first-order chi connectivity index (χ1) is 12.2. The smallest absolute Gasteiger partial charge is 0.127 e. The van der Waals surface area contributed by atoms with Crippen molar-refractivity contribution in [2.45, 2.75) is 13.5 Å². The molecule has 0 unspecified atom stereocenters. The molecule has 4 heteroatoms. The van der Waals surface area contributed by atoms with Crippen LogP contribution < -0.4 is 14.8 Å². The fourth-order valence-corrected chi connectivity index (χ4v) is 2.81. The van der Waals surface area contributed by atoms with E-state index in [4.69, 9.17) is 9.47 Å². The number of aryl methyl sites for hydroxylation is 1. The highest BCUT2D eigenvalue weighted by molar-refractivity contribution is 5.64. The molecule has 0 amide bonds. The number of nitrogens with zero attached hydrogens (tertiary/aromatic N) is 1. The zero-order chi connectivity index (χ0) is 17.6. The van der Waals surface area contributed by atoms with Crippen LogP contribution in [-0.2, 0) is 6.61 Å². The summed E-state index contributed by atoms with van der Waals surface area (Å²) in [6.07, 6.45) is 3.64. The number of hydrogen-bond donors (Lipinski definition) is 1. The van der Waals surface area contributed by atoms with Crippen molar-refractivity contribution in [3.63, 3.8) is 0 Å². The number of benzene rings is 2. The monoisotopic (exact) mass is 334 g/mol. The lowest BCUT2D eigenvalue weighted by molar-refractivity contribution is 0.295. The average molecular weight is 334 g/mol. The summed E-state index contributed by atoms with van der Waals surface area (Å²) in [5.41, 5.74) is 5.32. The van der Waals surface area contributed by atoms with E-state index in [0.29, 0.717) is 6.61 Å². The first-order valence-corrected chi connectivity index (χ1v) is 8.20. The quantitative estimate of drug-likeness (QED) is 0.710. The summed E-state index contributed by atoms with van der Waals surface area (Å²) in [6, 6.07) is 16.1. The molecule has 0 aliphatic heterocycles. The molecule has 25 heavy (non-hydrogen) atoms. The van der Waals surface area contributed by atoms with Crippen molar-refractivity contribution in [2.75, 3.05) is 19.5 Å². The molecule has 3 rings (SSSR count). The Kier molecular flexibility index (Phi) is 5.19. The number of rotatable bonds is 6. The van der Waals surface area contributed by atoms with Gasteiger partial charge in [0.2, 0.25) is 0 Å². The average Bonchev–Trinajstić information content (AvgIpc) is 2.67. The van der Waals surface area contributed by atoms with Gasteiger partial charge in [0.25, 0.3) is 0 Å². The molecule has 0 aliphatic rings. The van der Waals surface area contributed by atoms with Gasteiger partial charge in [-0.1, -0.05) is 18.2 Å². The van der Waals surface area contributed by atoms with E-state index in [1.165, 1.54) is 0 Å². The highest BCUT2D eigenvalue weighted by Gasteiger charge is 2.10. The zero-order valence-corrected chi connectivity index (χ0v) is 14.7. The van der Waals surface area contributed by atoms with Gasteiger partial charge in [-0.25, -0.2) is 0 Å². The summed E-state index contributed by atoms with van der Waals surface area (Å²) in [5.74, 6) is 1.68. The maximum Gasteiger partial charge on any atom is 0.127 e. The third kappa shape index (κ3) is 3.74. The van der Waals surface area contributed by atoms with Crippen LogP contribution in [0.4, 0.5) is 5.69 Å². The molecule has 128 valence electrons.